The number of rotatable bonds is 3. The minimum absolute atomic E-state index is 0.290. The first-order chi connectivity index (χ1) is 14.5. The summed E-state index contributed by atoms with van der Waals surface area (Å²) in [4.78, 5) is 17.3. The fourth-order valence-corrected chi connectivity index (χ4v) is 3.92. The predicted molar refractivity (Wildman–Crippen MR) is 121 cm³/mol. The van der Waals surface area contributed by atoms with Crippen LogP contribution in [0.4, 0.5) is 5.69 Å². The summed E-state index contributed by atoms with van der Waals surface area (Å²) in [5, 5.41) is 4.34. The summed E-state index contributed by atoms with van der Waals surface area (Å²) in [6.45, 7) is 1.87. The molecule has 1 amide bonds. The number of nitrogens with one attached hydrogen (secondary N) is 1. The highest BCUT2D eigenvalue weighted by Gasteiger charge is 2.18. The van der Waals surface area contributed by atoms with Gasteiger partial charge in [0.25, 0.3) is 5.91 Å². The van der Waals surface area contributed by atoms with E-state index in [2.05, 4.69) is 26.2 Å². The Morgan fingerprint density at radius 2 is 1.87 bits per heavy atom. The van der Waals surface area contributed by atoms with Gasteiger partial charge in [0.05, 0.1) is 10.6 Å². The fraction of sp³-hybridized carbons (Fsp3) is 0.0435. The third kappa shape index (κ3) is 3.28. The molecular formula is C23H14BrClN2O3. The summed E-state index contributed by atoms with van der Waals surface area (Å²) in [6.07, 6.45) is 0. The van der Waals surface area contributed by atoms with Crippen LogP contribution in [0.2, 0.25) is 5.02 Å². The number of aromatic nitrogens is 1. The van der Waals surface area contributed by atoms with Crippen molar-refractivity contribution >= 4 is 61.2 Å². The Morgan fingerprint density at radius 3 is 2.70 bits per heavy atom. The highest BCUT2D eigenvalue weighted by atomic mass is 79.9. The van der Waals surface area contributed by atoms with Gasteiger partial charge in [0.1, 0.15) is 11.1 Å². The summed E-state index contributed by atoms with van der Waals surface area (Å²) < 4.78 is 12.5. The maximum atomic E-state index is 12.8. The molecule has 0 aliphatic carbocycles. The number of para-hydroxylation sites is 1. The monoisotopic (exact) mass is 480 g/mol. The first kappa shape index (κ1) is 18.9. The molecule has 0 unspecified atom stereocenters. The van der Waals surface area contributed by atoms with Gasteiger partial charge in [0.2, 0.25) is 5.89 Å². The lowest BCUT2D eigenvalue weighted by Gasteiger charge is -2.03. The van der Waals surface area contributed by atoms with Gasteiger partial charge < -0.3 is 14.2 Å². The van der Waals surface area contributed by atoms with Crippen LogP contribution >= 0.6 is 27.5 Å². The molecule has 0 atom stereocenters. The number of oxazole rings is 1. The van der Waals surface area contributed by atoms with Crippen molar-refractivity contribution in [2.45, 2.75) is 6.92 Å². The van der Waals surface area contributed by atoms with E-state index in [-0.39, 0.29) is 11.7 Å². The molecule has 30 heavy (non-hydrogen) atoms. The molecule has 5 rings (SSSR count). The first-order valence-corrected chi connectivity index (χ1v) is 10.3. The van der Waals surface area contributed by atoms with Crippen LogP contribution in [0.1, 0.15) is 16.1 Å². The van der Waals surface area contributed by atoms with Crippen LogP contribution in [0, 0.1) is 6.92 Å². The van der Waals surface area contributed by atoms with Crippen LogP contribution in [0.15, 0.2) is 74.0 Å². The smallest absolute Gasteiger partial charge is 0.291 e. The average molecular weight is 482 g/mol. The van der Waals surface area contributed by atoms with Crippen molar-refractivity contribution in [2.24, 2.45) is 0 Å². The molecule has 0 bridgehead atoms. The standard InChI is InChI=1S/C23H14BrClN2O3/c1-12-15-4-2-3-5-19(15)29-21(12)22(28)26-14-7-9-20-18(11-14)27-23(30-20)16-10-13(24)6-8-17(16)25/h2-11H,1H3,(H,26,28). The van der Waals surface area contributed by atoms with E-state index in [9.17, 15) is 4.79 Å². The van der Waals surface area contributed by atoms with Gasteiger partial charge in [-0.1, -0.05) is 45.7 Å². The number of fused-ring (bicyclic) bond motifs is 2. The van der Waals surface area contributed by atoms with Gasteiger partial charge in [-0.3, -0.25) is 4.79 Å². The zero-order chi connectivity index (χ0) is 20.8. The third-order valence-electron chi connectivity index (χ3n) is 4.85. The summed E-state index contributed by atoms with van der Waals surface area (Å²) >= 11 is 9.72. The summed E-state index contributed by atoms with van der Waals surface area (Å²) in [6, 6.07) is 18.3. The van der Waals surface area contributed by atoms with E-state index >= 15 is 0 Å². The second-order valence-electron chi connectivity index (χ2n) is 6.83. The van der Waals surface area contributed by atoms with Crippen molar-refractivity contribution in [3.05, 3.63) is 81.5 Å². The van der Waals surface area contributed by atoms with Gasteiger partial charge in [-0.15, -0.1) is 0 Å². The molecule has 0 spiro atoms. The highest BCUT2D eigenvalue weighted by molar-refractivity contribution is 9.10. The van der Waals surface area contributed by atoms with E-state index in [0.29, 0.717) is 38.8 Å². The molecule has 0 saturated carbocycles. The summed E-state index contributed by atoms with van der Waals surface area (Å²) in [5.74, 6) is 0.382. The molecule has 148 valence electrons. The van der Waals surface area contributed by atoms with Crippen LogP contribution in [-0.4, -0.2) is 10.9 Å². The molecule has 3 aromatic carbocycles. The Morgan fingerprint density at radius 1 is 1.03 bits per heavy atom. The van der Waals surface area contributed by atoms with Crippen molar-refractivity contribution in [1.29, 1.82) is 0 Å². The number of anilines is 1. The van der Waals surface area contributed by atoms with Gasteiger partial charge in [0, 0.05) is 21.1 Å². The van der Waals surface area contributed by atoms with Crippen molar-refractivity contribution in [1.82, 2.24) is 4.98 Å². The first-order valence-electron chi connectivity index (χ1n) is 9.15. The van der Waals surface area contributed by atoms with Crippen LogP contribution in [0.5, 0.6) is 0 Å². The van der Waals surface area contributed by atoms with Crippen LogP contribution < -0.4 is 5.32 Å². The quantitative estimate of drug-likeness (QED) is 0.295. The van der Waals surface area contributed by atoms with E-state index in [1.165, 1.54) is 0 Å². The summed E-state index contributed by atoms with van der Waals surface area (Å²) in [7, 11) is 0. The lowest BCUT2D eigenvalue weighted by Crippen LogP contribution is -2.12. The number of carbonyl (C=O) groups is 1. The van der Waals surface area contributed by atoms with Crippen LogP contribution in [0.3, 0.4) is 0 Å². The predicted octanol–water partition coefficient (Wildman–Crippen LogP) is 7.22. The minimum Gasteiger partial charge on any atom is -0.451 e. The van der Waals surface area contributed by atoms with Gasteiger partial charge in [-0.25, -0.2) is 4.98 Å². The Bertz CT molecular complexity index is 1440. The highest BCUT2D eigenvalue weighted by Crippen LogP contribution is 2.33. The lowest BCUT2D eigenvalue weighted by molar-refractivity contribution is 0.0998. The Hall–Kier alpha value is -3.09. The molecular weight excluding hydrogens is 468 g/mol. The third-order valence-corrected chi connectivity index (χ3v) is 5.68. The molecule has 2 aromatic heterocycles. The van der Waals surface area contributed by atoms with Crippen LogP contribution in [0.25, 0.3) is 33.5 Å². The zero-order valence-electron chi connectivity index (χ0n) is 15.7. The molecule has 0 aliphatic heterocycles. The van der Waals surface area contributed by atoms with Crippen molar-refractivity contribution < 1.29 is 13.6 Å². The van der Waals surface area contributed by atoms with Crippen molar-refractivity contribution in [2.75, 3.05) is 5.32 Å². The molecule has 0 fully saturated rings. The van der Waals surface area contributed by atoms with Gasteiger partial charge >= 0.3 is 0 Å². The zero-order valence-corrected chi connectivity index (χ0v) is 18.0. The molecule has 7 heteroatoms. The molecule has 1 N–H and O–H groups in total. The normalized spacial score (nSPS) is 11.3. The van der Waals surface area contributed by atoms with Crippen LogP contribution in [-0.2, 0) is 0 Å². The van der Waals surface area contributed by atoms with Gasteiger partial charge in [-0.05, 0) is 49.4 Å². The second kappa shape index (κ2) is 7.31. The number of furan rings is 1. The Kier molecular flexibility index (Phi) is 4.60. The maximum Gasteiger partial charge on any atom is 0.291 e. The van der Waals surface area contributed by atoms with E-state index in [1.807, 2.05) is 43.3 Å². The van der Waals surface area contributed by atoms with E-state index in [4.69, 9.17) is 20.4 Å². The average Bonchev–Trinajstić information content (AvgIpc) is 3.31. The number of halogens is 2. The molecule has 2 heterocycles. The maximum absolute atomic E-state index is 12.8. The SMILES string of the molecule is Cc1c(C(=O)Nc2ccc3oc(-c4cc(Br)ccc4Cl)nc3c2)oc2ccccc12. The number of hydrogen-bond donors (Lipinski definition) is 1. The Labute approximate surface area is 184 Å². The lowest BCUT2D eigenvalue weighted by atomic mass is 10.1. The summed E-state index contributed by atoms with van der Waals surface area (Å²) in [5.41, 5.74) is 3.97. The largest absolute Gasteiger partial charge is 0.451 e. The fourth-order valence-electron chi connectivity index (χ4n) is 3.36. The topological polar surface area (TPSA) is 68.3 Å². The Balaban J connectivity index is 1.47. The number of benzene rings is 3. The number of nitrogens with zero attached hydrogens (tertiary/aromatic N) is 1. The molecule has 0 aliphatic rings. The van der Waals surface area contributed by atoms with Crippen molar-refractivity contribution in [3.8, 4) is 11.5 Å². The number of amides is 1. The van der Waals surface area contributed by atoms with Gasteiger partial charge in [0.15, 0.2) is 11.3 Å². The number of aryl methyl sites for hydroxylation is 1. The number of hydrogen-bond acceptors (Lipinski definition) is 4. The molecule has 5 nitrogen and oxygen atoms in total. The van der Waals surface area contributed by atoms with E-state index in [1.54, 1.807) is 24.3 Å². The molecule has 0 radical (unpaired) electrons. The molecule has 5 aromatic rings. The number of carbonyl (C=O) groups excluding carboxylic acids is 1. The second-order valence-corrected chi connectivity index (χ2v) is 8.16. The van der Waals surface area contributed by atoms with E-state index in [0.717, 1.165) is 15.4 Å². The van der Waals surface area contributed by atoms with Crippen molar-refractivity contribution in [3.63, 3.8) is 0 Å². The molecule has 0 saturated heterocycles. The van der Waals surface area contributed by atoms with E-state index < -0.39 is 0 Å². The van der Waals surface area contributed by atoms with Gasteiger partial charge in [-0.2, -0.15) is 0 Å². The minimum atomic E-state index is -0.318.